The van der Waals surface area contributed by atoms with E-state index in [1.54, 1.807) is 12.5 Å². The Morgan fingerprint density at radius 3 is 2.59 bits per heavy atom. The summed E-state index contributed by atoms with van der Waals surface area (Å²) in [7, 11) is 0. The summed E-state index contributed by atoms with van der Waals surface area (Å²) in [5.41, 5.74) is 1.61. The second-order valence-electron chi connectivity index (χ2n) is 5.13. The molecule has 0 unspecified atom stereocenters. The topological polar surface area (TPSA) is 82.5 Å². The monoisotopic (exact) mass is 299 g/mol. The van der Waals surface area contributed by atoms with Crippen molar-refractivity contribution in [3.05, 3.63) is 36.8 Å². The van der Waals surface area contributed by atoms with Crippen molar-refractivity contribution in [2.45, 2.75) is 0 Å². The number of pyridine rings is 1. The molecule has 0 atom stereocenters. The van der Waals surface area contributed by atoms with Crippen molar-refractivity contribution in [1.29, 1.82) is 0 Å². The van der Waals surface area contributed by atoms with Gasteiger partial charge in [-0.2, -0.15) is 0 Å². The summed E-state index contributed by atoms with van der Waals surface area (Å²) in [6, 6.07) is 7.63. The molecule has 1 aliphatic heterocycles. The highest BCUT2D eigenvalue weighted by Gasteiger charge is 2.20. The predicted molar refractivity (Wildman–Crippen MR) is 81.6 cm³/mol. The molecule has 1 saturated heterocycles. The van der Waals surface area contributed by atoms with E-state index in [9.17, 15) is 4.79 Å². The first-order valence-corrected chi connectivity index (χ1v) is 7.15. The lowest BCUT2D eigenvalue weighted by atomic mass is 10.2. The third-order valence-corrected chi connectivity index (χ3v) is 3.64. The van der Waals surface area contributed by atoms with Crippen LogP contribution in [0.1, 0.15) is 0 Å². The highest BCUT2D eigenvalue weighted by atomic mass is 16.4. The molecule has 3 rings (SSSR count). The molecule has 0 aliphatic carbocycles. The van der Waals surface area contributed by atoms with Gasteiger partial charge in [0.05, 0.1) is 17.9 Å². The summed E-state index contributed by atoms with van der Waals surface area (Å²) in [6.07, 6.45) is 3.28. The van der Waals surface area contributed by atoms with Crippen LogP contribution in [0.25, 0.3) is 11.4 Å². The van der Waals surface area contributed by atoms with Gasteiger partial charge in [0.1, 0.15) is 12.1 Å². The van der Waals surface area contributed by atoms with E-state index in [1.807, 2.05) is 29.2 Å². The first kappa shape index (κ1) is 14.4. The summed E-state index contributed by atoms with van der Waals surface area (Å²) in [4.78, 5) is 27.7. The number of carboxylic acids is 1. The van der Waals surface area contributed by atoms with Crippen LogP contribution >= 0.6 is 0 Å². The van der Waals surface area contributed by atoms with Gasteiger partial charge in [0, 0.05) is 38.4 Å². The fourth-order valence-electron chi connectivity index (χ4n) is 2.50. The van der Waals surface area contributed by atoms with Crippen molar-refractivity contribution < 1.29 is 9.90 Å². The van der Waals surface area contributed by atoms with Crippen molar-refractivity contribution in [2.75, 3.05) is 37.6 Å². The third-order valence-electron chi connectivity index (χ3n) is 3.64. The van der Waals surface area contributed by atoms with Gasteiger partial charge in [0.2, 0.25) is 0 Å². The molecular formula is C15H17N5O2. The Labute approximate surface area is 128 Å². The number of piperazine rings is 1. The first-order chi connectivity index (χ1) is 10.7. The Morgan fingerprint density at radius 2 is 1.91 bits per heavy atom. The van der Waals surface area contributed by atoms with Crippen molar-refractivity contribution >= 4 is 11.8 Å². The maximum Gasteiger partial charge on any atom is 0.317 e. The first-order valence-electron chi connectivity index (χ1n) is 7.15. The van der Waals surface area contributed by atoms with Crippen LogP contribution in [0.2, 0.25) is 0 Å². The maximum atomic E-state index is 10.7. The highest BCUT2D eigenvalue weighted by Crippen LogP contribution is 2.19. The fourth-order valence-corrected chi connectivity index (χ4v) is 2.50. The van der Waals surface area contributed by atoms with E-state index in [-0.39, 0.29) is 6.54 Å². The minimum Gasteiger partial charge on any atom is -0.480 e. The number of aliphatic carboxylic acids is 1. The molecule has 0 saturated carbocycles. The van der Waals surface area contributed by atoms with Gasteiger partial charge < -0.3 is 10.0 Å². The van der Waals surface area contributed by atoms with Crippen LogP contribution < -0.4 is 4.90 Å². The van der Waals surface area contributed by atoms with E-state index in [4.69, 9.17) is 5.11 Å². The molecule has 7 heteroatoms. The Hall–Kier alpha value is -2.54. The molecule has 114 valence electrons. The summed E-state index contributed by atoms with van der Waals surface area (Å²) < 4.78 is 0. The minimum absolute atomic E-state index is 0.0940. The average Bonchev–Trinajstić information content (AvgIpc) is 2.56. The molecule has 22 heavy (non-hydrogen) atoms. The van der Waals surface area contributed by atoms with E-state index < -0.39 is 5.97 Å². The van der Waals surface area contributed by atoms with Crippen LogP contribution in [0, 0.1) is 0 Å². The van der Waals surface area contributed by atoms with Crippen LogP contribution in [0.15, 0.2) is 36.8 Å². The fraction of sp³-hybridized carbons (Fsp3) is 0.333. The second-order valence-corrected chi connectivity index (χ2v) is 5.13. The number of anilines is 1. The lowest BCUT2D eigenvalue weighted by molar-refractivity contribution is -0.138. The SMILES string of the molecule is O=C(O)CN1CCN(c2cc(-c3ccccn3)ncn2)CC1. The van der Waals surface area contributed by atoms with Crippen molar-refractivity contribution in [2.24, 2.45) is 0 Å². The van der Waals surface area contributed by atoms with Crippen LogP contribution in [-0.2, 0) is 4.79 Å². The van der Waals surface area contributed by atoms with Gasteiger partial charge in [-0.25, -0.2) is 9.97 Å². The summed E-state index contributed by atoms with van der Waals surface area (Å²) in [5.74, 6) is 0.0681. The summed E-state index contributed by atoms with van der Waals surface area (Å²) >= 11 is 0. The maximum absolute atomic E-state index is 10.7. The lowest BCUT2D eigenvalue weighted by Gasteiger charge is -2.34. The van der Waals surface area contributed by atoms with Gasteiger partial charge in [0.15, 0.2) is 0 Å². The zero-order chi connectivity index (χ0) is 15.4. The number of aromatic nitrogens is 3. The minimum atomic E-state index is -0.784. The van der Waals surface area contributed by atoms with Gasteiger partial charge >= 0.3 is 5.97 Å². The van der Waals surface area contributed by atoms with Gasteiger partial charge in [-0.3, -0.25) is 14.7 Å². The van der Waals surface area contributed by atoms with Crippen molar-refractivity contribution in [3.8, 4) is 11.4 Å². The quantitative estimate of drug-likeness (QED) is 0.891. The molecule has 1 fully saturated rings. The lowest BCUT2D eigenvalue weighted by Crippen LogP contribution is -2.48. The zero-order valence-electron chi connectivity index (χ0n) is 12.1. The molecule has 7 nitrogen and oxygen atoms in total. The van der Waals surface area contributed by atoms with Crippen LogP contribution in [0.3, 0.4) is 0 Å². The number of carboxylic acid groups (broad SMARTS) is 1. The number of rotatable bonds is 4. The van der Waals surface area contributed by atoms with E-state index in [0.717, 1.165) is 43.4 Å². The highest BCUT2D eigenvalue weighted by molar-refractivity contribution is 5.69. The third kappa shape index (κ3) is 3.37. The molecule has 3 heterocycles. The molecule has 1 aliphatic rings. The van der Waals surface area contributed by atoms with Gasteiger partial charge in [-0.15, -0.1) is 0 Å². The normalized spacial score (nSPS) is 15.7. The number of nitrogens with zero attached hydrogens (tertiary/aromatic N) is 5. The molecule has 0 spiro atoms. The Bertz CT molecular complexity index is 641. The van der Waals surface area contributed by atoms with Gasteiger partial charge in [-0.05, 0) is 12.1 Å². The molecule has 1 N–H and O–H groups in total. The standard InChI is InChI=1S/C15H17N5O2/c21-15(22)10-19-5-7-20(8-6-19)14-9-13(17-11-18-14)12-3-1-2-4-16-12/h1-4,9,11H,5-8,10H2,(H,21,22). The Morgan fingerprint density at radius 1 is 1.09 bits per heavy atom. The molecule has 0 aromatic carbocycles. The van der Waals surface area contributed by atoms with Crippen LogP contribution in [0.5, 0.6) is 0 Å². The predicted octanol–water partition coefficient (Wildman–Crippen LogP) is 0.745. The van der Waals surface area contributed by atoms with Gasteiger partial charge in [-0.1, -0.05) is 6.07 Å². The summed E-state index contributed by atoms with van der Waals surface area (Å²) in [5, 5.41) is 8.83. The summed E-state index contributed by atoms with van der Waals surface area (Å²) in [6.45, 7) is 3.04. The number of carbonyl (C=O) groups is 1. The molecule has 0 bridgehead atoms. The van der Waals surface area contributed by atoms with Crippen LogP contribution in [-0.4, -0.2) is 63.7 Å². The molecule has 2 aromatic rings. The van der Waals surface area contributed by atoms with E-state index in [0.29, 0.717) is 0 Å². The van der Waals surface area contributed by atoms with Gasteiger partial charge in [0.25, 0.3) is 0 Å². The number of hydrogen-bond donors (Lipinski definition) is 1. The zero-order valence-corrected chi connectivity index (χ0v) is 12.1. The number of hydrogen-bond acceptors (Lipinski definition) is 6. The molecule has 0 amide bonds. The molecular weight excluding hydrogens is 282 g/mol. The largest absolute Gasteiger partial charge is 0.480 e. The van der Waals surface area contributed by atoms with Crippen molar-refractivity contribution in [1.82, 2.24) is 19.9 Å². The van der Waals surface area contributed by atoms with Crippen LogP contribution in [0.4, 0.5) is 5.82 Å². The van der Waals surface area contributed by atoms with Crippen molar-refractivity contribution in [3.63, 3.8) is 0 Å². The van der Waals surface area contributed by atoms with E-state index in [2.05, 4.69) is 19.9 Å². The molecule has 2 aromatic heterocycles. The molecule has 0 radical (unpaired) electrons. The van der Waals surface area contributed by atoms with E-state index >= 15 is 0 Å². The smallest absolute Gasteiger partial charge is 0.317 e. The average molecular weight is 299 g/mol. The Kier molecular flexibility index (Phi) is 4.24. The second kappa shape index (κ2) is 6.48. The Balaban J connectivity index is 1.70. The van der Waals surface area contributed by atoms with E-state index in [1.165, 1.54) is 0 Å².